The Balaban J connectivity index is 1.27. The fraction of sp³-hybridized carbons (Fsp3) is 0.615. The summed E-state index contributed by atoms with van der Waals surface area (Å²) in [5, 5.41) is 0.793. The predicted octanol–water partition coefficient (Wildman–Crippen LogP) is 7.29. The van der Waals surface area contributed by atoms with Gasteiger partial charge in [-0.25, -0.2) is 0 Å². The predicted molar refractivity (Wildman–Crippen MR) is 198 cm³/mol. The van der Waals surface area contributed by atoms with Gasteiger partial charge in [-0.2, -0.15) is 0 Å². The lowest BCUT2D eigenvalue weighted by Gasteiger charge is -2.44. The zero-order chi connectivity index (χ0) is 33.6. The van der Waals surface area contributed by atoms with Crippen molar-refractivity contribution in [1.82, 2.24) is 14.5 Å². The number of anilines is 1. The molecule has 48 heavy (non-hydrogen) atoms. The zero-order valence-electron chi connectivity index (χ0n) is 29.3. The van der Waals surface area contributed by atoms with E-state index in [2.05, 4.69) is 82.8 Å². The second-order valence-corrected chi connectivity index (χ2v) is 15.9. The number of aryl methyl sites for hydroxylation is 1. The minimum Gasteiger partial charge on any atom is -0.491 e. The Kier molecular flexibility index (Phi) is 12.3. The number of benzene rings is 2. The number of piperazine rings is 1. The molecule has 6 unspecified atom stereocenters. The topological polar surface area (TPSA) is 57.3 Å². The first-order valence-corrected chi connectivity index (χ1v) is 19.4. The van der Waals surface area contributed by atoms with Crippen LogP contribution >= 0.6 is 23.5 Å². The first kappa shape index (κ1) is 35.6. The number of allylic oxidation sites excluding steroid dienone is 1. The summed E-state index contributed by atoms with van der Waals surface area (Å²) in [6.45, 7) is 15.1. The molecule has 9 heteroatoms. The van der Waals surface area contributed by atoms with Gasteiger partial charge in [-0.1, -0.05) is 57.0 Å². The molecule has 0 radical (unpaired) electrons. The third kappa shape index (κ3) is 8.73. The monoisotopic (exact) mass is 694 g/mol. The summed E-state index contributed by atoms with van der Waals surface area (Å²) in [5.74, 6) is 2.33. The number of amides is 1. The Labute approximate surface area is 297 Å². The second-order valence-electron chi connectivity index (χ2n) is 14.6. The van der Waals surface area contributed by atoms with E-state index in [-0.39, 0.29) is 29.8 Å². The normalized spacial score (nSPS) is 29.6. The molecule has 2 fully saturated rings. The van der Waals surface area contributed by atoms with E-state index >= 15 is 0 Å². The van der Waals surface area contributed by atoms with Crippen molar-refractivity contribution in [2.24, 2.45) is 23.7 Å². The summed E-state index contributed by atoms with van der Waals surface area (Å²) in [4.78, 5) is 21.8. The number of carbonyl (C=O) groups excluding carboxylic acids is 1. The van der Waals surface area contributed by atoms with Crippen molar-refractivity contribution in [3.63, 3.8) is 0 Å². The van der Waals surface area contributed by atoms with Gasteiger partial charge in [-0.3, -0.25) is 14.4 Å². The Morgan fingerprint density at radius 1 is 1.06 bits per heavy atom. The average Bonchev–Trinajstić information content (AvgIpc) is 3.24. The molecule has 3 heterocycles. The van der Waals surface area contributed by atoms with Gasteiger partial charge in [0.25, 0.3) is 0 Å². The van der Waals surface area contributed by atoms with Crippen LogP contribution in [-0.4, -0.2) is 87.9 Å². The Morgan fingerprint density at radius 3 is 2.67 bits per heavy atom. The van der Waals surface area contributed by atoms with Crippen LogP contribution in [0.4, 0.5) is 5.69 Å². The van der Waals surface area contributed by atoms with Gasteiger partial charge in [0.2, 0.25) is 5.91 Å². The molecular formula is C39H55ClN4O3S. The summed E-state index contributed by atoms with van der Waals surface area (Å²) in [5.41, 5.74) is 3.77. The first-order valence-electron chi connectivity index (χ1n) is 18.2. The van der Waals surface area contributed by atoms with Crippen LogP contribution in [0, 0.1) is 23.7 Å². The summed E-state index contributed by atoms with van der Waals surface area (Å²) in [7, 11) is 2.20. The third-order valence-corrected chi connectivity index (χ3v) is 12.3. The summed E-state index contributed by atoms with van der Waals surface area (Å²) in [6, 6.07) is 12.8. The first-order chi connectivity index (χ1) is 23.3. The van der Waals surface area contributed by atoms with Crippen molar-refractivity contribution in [2.45, 2.75) is 69.8 Å². The molecule has 0 spiro atoms. The number of nitrogens with one attached hydrogen (secondary N) is 1. The van der Waals surface area contributed by atoms with Crippen LogP contribution < -0.4 is 14.4 Å². The molecule has 1 amide bonds. The maximum absolute atomic E-state index is 13.2. The van der Waals surface area contributed by atoms with Gasteiger partial charge in [0.15, 0.2) is 0 Å². The molecule has 1 saturated heterocycles. The number of hydrogen-bond acceptors (Lipinski definition) is 7. The number of hydrogen-bond donors (Lipinski definition) is 1. The summed E-state index contributed by atoms with van der Waals surface area (Å²) in [6.07, 6.45) is 10.0. The van der Waals surface area contributed by atoms with E-state index in [9.17, 15) is 4.79 Å². The minimum atomic E-state index is -0.0961. The SMILES string of the molecule is CCCc1cc(Cl)ccc1C1COc2ccc3cc2N(C1)CC1CCC1C(OCCN1CCN(C)CC1)/C=C/CC(C)C(C)C(=O)NS3. The molecule has 2 aromatic rings. The van der Waals surface area contributed by atoms with Crippen molar-refractivity contribution < 1.29 is 14.3 Å². The molecule has 6 rings (SSSR count). The molecule has 0 aromatic heterocycles. The Morgan fingerprint density at radius 2 is 1.90 bits per heavy atom. The molecule has 7 nitrogen and oxygen atoms in total. The molecule has 1 aliphatic carbocycles. The van der Waals surface area contributed by atoms with Crippen LogP contribution in [0.5, 0.6) is 5.75 Å². The molecular weight excluding hydrogens is 640 g/mol. The van der Waals surface area contributed by atoms with E-state index in [1.807, 2.05) is 13.0 Å². The van der Waals surface area contributed by atoms with E-state index in [1.54, 1.807) is 0 Å². The fourth-order valence-electron chi connectivity index (χ4n) is 7.70. The van der Waals surface area contributed by atoms with Crippen molar-refractivity contribution in [2.75, 3.05) is 71.0 Å². The van der Waals surface area contributed by atoms with Gasteiger partial charge in [-0.15, -0.1) is 0 Å². The molecule has 262 valence electrons. The van der Waals surface area contributed by atoms with Crippen molar-refractivity contribution in [1.29, 1.82) is 0 Å². The highest BCUT2D eigenvalue weighted by Crippen LogP contribution is 2.44. The molecule has 1 saturated carbocycles. The van der Waals surface area contributed by atoms with E-state index in [1.165, 1.54) is 35.9 Å². The quantitative estimate of drug-likeness (QED) is 0.241. The highest BCUT2D eigenvalue weighted by atomic mass is 35.5. The van der Waals surface area contributed by atoms with Crippen LogP contribution in [0.3, 0.4) is 0 Å². The van der Waals surface area contributed by atoms with Crippen LogP contribution in [0.15, 0.2) is 53.4 Å². The van der Waals surface area contributed by atoms with Crippen molar-refractivity contribution >= 4 is 35.1 Å². The smallest absolute Gasteiger partial charge is 0.233 e. The molecule has 4 aliphatic rings. The lowest BCUT2D eigenvalue weighted by Crippen LogP contribution is -2.47. The minimum absolute atomic E-state index is 0.0707. The van der Waals surface area contributed by atoms with Crippen molar-refractivity contribution in [3.8, 4) is 5.75 Å². The van der Waals surface area contributed by atoms with E-state index in [0.717, 1.165) is 93.0 Å². The summed E-state index contributed by atoms with van der Waals surface area (Å²) < 4.78 is 16.5. The lowest BCUT2D eigenvalue weighted by atomic mass is 9.70. The van der Waals surface area contributed by atoms with Crippen molar-refractivity contribution in [3.05, 3.63) is 64.7 Å². The summed E-state index contributed by atoms with van der Waals surface area (Å²) >= 11 is 7.90. The molecule has 1 N–H and O–H groups in total. The number of halogens is 1. The number of likely N-dealkylation sites (N-methyl/N-ethyl adjacent to an activating group) is 1. The van der Waals surface area contributed by atoms with Crippen LogP contribution in [0.25, 0.3) is 0 Å². The van der Waals surface area contributed by atoms with Crippen LogP contribution in [0.2, 0.25) is 5.02 Å². The molecule has 2 aromatic carbocycles. The van der Waals surface area contributed by atoms with Crippen LogP contribution in [-0.2, 0) is 16.0 Å². The van der Waals surface area contributed by atoms with E-state index in [4.69, 9.17) is 21.1 Å². The van der Waals surface area contributed by atoms with E-state index in [0.29, 0.717) is 18.4 Å². The lowest BCUT2D eigenvalue weighted by molar-refractivity contribution is -0.123. The average molecular weight is 695 g/mol. The third-order valence-electron chi connectivity index (χ3n) is 11.3. The van der Waals surface area contributed by atoms with Gasteiger partial charge in [-0.05, 0) is 104 Å². The number of rotatable bonds is 7. The fourth-order valence-corrected chi connectivity index (χ4v) is 8.60. The number of carbonyl (C=O) groups is 1. The number of nitrogens with zero attached hydrogens (tertiary/aromatic N) is 3. The zero-order valence-corrected chi connectivity index (χ0v) is 30.9. The highest BCUT2D eigenvalue weighted by Gasteiger charge is 2.39. The largest absolute Gasteiger partial charge is 0.491 e. The van der Waals surface area contributed by atoms with Crippen LogP contribution in [0.1, 0.15) is 63.5 Å². The molecule has 3 aliphatic heterocycles. The number of ether oxygens (including phenoxy) is 2. The second kappa shape index (κ2) is 16.7. The van der Waals surface area contributed by atoms with Gasteiger partial charge in [0, 0.05) is 67.6 Å². The molecule has 6 atom stereocenters. The standard InChI is InChI=1S/C39H55ClN4O3S/c1-5-7-29-22-32(40)11-14-34(29)31-25-44-24-30-10-13-35(30)37(46-21-20-43-18-16-42(4)17-19-43)9-6-8-27(2)28(3)39(45)41-48-33-12-15-38(47-26-31)36(44)23-33/h6,9,11-12,14-15,22-23,27-28,30-31,35,37H,5,7-8,10,13,16-21,24-26H2,1-4H3,(H,41,45)/b9-6+. The van der Waals surface area contributed by atoms with Gasteiger partial charge >= 0.3 is 0 Å². The van der Waals surface area contributed by atoms with Gasteiger partial charge in [0.1, 0.15) is 5.75 Å². The molecule has 2 bridgehead atoms. The Bertz CT molecular complexity index is 1420. The van der Waals surface area contributed by atoms with Gasteiger partial charge in [0.05, 0.1) is 25.0 Å². The number of fused-ring (bicyclic) bond motifs is 2. The van der Waals surface area contributed by atoms with E-state index < -0.39 is 0 Å². The maximum atomic E-state index is 13.2. The Hall–Kier alpha value is -2.23. The maximum Gasteiger partial charge on any atom is 0.233 e. The highest BCUT2D eigenvalue weighted by molar-refractivity contribution is 7.98. The van der Waals surface area contributed by atoms with Gasteiger partial charge < -0.3 is 19.3 Å².